The van der Waals surface area contributed by atoms with Gasteiger partial charge in [-0.05, 0) is 66.8 Å². The van der Waals surface area contributed by atoms with E-state index in [9.17, 15) is 9.18 Å². The van der Waals surface area contributed by atoms with Crippen LogP contribution in [0, 0.1) is 5.82 Å². The summed E-state index contributed by atoms with van der Waals surface area (Å²) in [5.74, 6) is -0.0691. The van der Waals surface area contributed by atoms with Crippen LogP contribution in [0.2, 0.25) is 0 Å². The number of nitrogens with zero attached hydrogens (tertiary/aromatic N) is 1. The number of halogens is 2. The Hall–Kier alpha value is -1.37. The minimum Gasteiger partial charge on any atom is -0.381 e. The van der Waals surface area contributed by atoms with E-state index >= 15 is 0 Å². The van der Waals surface area contributed by atoms with Gasteiger partial charge in [0, 0.05) is 42.2 Å². The number of amides is 1. The van der Waals surface area contributed by atoms with Gasteiger partial charge in [-0.1, -0.05) is 27.7 Å². The highest BCUT2D eigenvalue weighted by molar-refractivity contribution is 9.09. The lowest BCUT2D eigenvalue weighted by atomic mass is 9.91. The molecule has 0 N–H and O–H groups in total. The number of hydrogen-bond acceptors (Lipinski definition) is 3. The second-order valence-electron chi connectivity index (χ2n) is 7.10. The van der Waals surface area contributed by atoms with E-state index in [1.807, 2.05) is 19.2 Å². The van der Waals surface area contributed by atoms with Crippen molar-refractivity contribution in [2.75, 3.05) is 25.2 Å². The Morgan fingerprint density at radius 2 is 1.89 bits per heavy atom. The summed E-state index contributed by atoms with van der Waals surface area (Å²) in [5.41, 5.74) is 3.11. The lowest BCUT2D eigenvalue weighted by Crippen LogP contribution is -2.30. The molecular formula is C21H21BrFNO2S. The third-order valence-corrected chi connectivity index (χ3v) is 7.52. The van der Waals surface area contributed by atoms with Crippen LogP contribution >= 0.6 is 27.7 Å². The fraction of sp³-hybridized carbons (Fsp3) is 0.381. The zero-order valence-electron chi connectivity index (χ0n) is 15.1. The maximum atomic E-state index is 14.3. The summed E-state index contributed by atoms with van der Waals surface area (Å²) in [4.78, 5) is 15.5. The molecular weight excluding hydrogens is 429 g/mol. The third-order valence-electron chi connectivity index (χ3n) is 5.30. The molecule has 0 aliphatic carbocycles. The average Bonchev–Trinajstić information content (AvgIpc) is 2.65. The first-order valence-electron chi connectivity index (χ1n) is 9.10. The van der Waals surface area contributed by atoms with Gasteiger partial charge in [-0.3, -0.25) is 4.79 Å². The van der Waals surface area contributed by atoms with Gasteiger partial charge in [-0.25, -0.2) is 4.39 Å². The van der Waals surface area contributed by atoms with Crippen LogP contribution in [-0.2, 0) is 20.3 Å². The van der Waals surface area contributed by atoms with Crippen molar-refractivity contribution in [3.8, 4) is 0 Å². The number of carbonyl (C=O) groups excluding carboxylic acids is 1. The zero-order valence-corrected chi connectivity index (χ0v) is 17.5. The molecule has 2 aliphatic heterocycles. The Bertz CT molecular complexity index is 882. The van der Waals surface area contributed by atoms with Crippen molar-refractivity contribution in [1.82, 2.24) is 0 Å². The van der Waals surface area contributed by atoms with Crippen LogP contribution in [0.1, 0.15) is 30.4 Å². The summed E-state index contributed by atoms with van der Waals surface area (Å²) in [6.45, 7) is 1.36. The highest BCUT2D eigenvalue weighted by atomic mass is 79.9. The Labute approximate surface area is 171 Å². The number of carbonyl (C=O) groups is 1. The van der Waals surface area contributed by atoms with Crippen molar-refractivity contribution in [3.63, 3.8) is 0 Å². The molecule has 0 unspecified atom stereocenters. The quantitative estimate of drug-likeness (QED) is 0.596. The van der Waals surface area contributed by atoms with E-state index in [1.54, 1.807) is 28.8 Å². The first kappa shape index (κ1) is 19.0. The number of ether oxygens (including phenoxy) is 1. The van der Waals surface area contributed by atoms with E-state index in [4.69, 9.17) is 4.74 Å². The van der Waals surface area contributed by atoms with Crippen molar-refractivity contribution in [1.29, 1.82) is 0 Å². The van der Waals surface area contributed by atoms with Gasteiger partial charge in [0.05, 0.1) is 4.32 Å². The number of hydrogen-bond donors (Lipinski definition) is 0. The van der Waals surface area contributed by atoms with Crippen molar-refractivity contribution < 1.29 is 13.9 Å². The molecule has 1 amide bonds. The minimum atomic E-state index is -0.221. The molecule has 2 aromatic carbocycles. The summed E-state index contributed by atoms with van der Waals surface area (Å²) >= 11 is 5.38. The third kappa shape index (κ3) is 3.93. The number of aryl methyl sites for hydroxylation is 1. The topological polar surface area (TPSA) is 29.5 Å². The summed E-state index contributed by atoms with van der Waals surface area (Å²) in [6.07, 6.45) is 2.96. The van der Waals surface area contributed by atoms with Crippen LogP contribution in [0.25, 0.3) is 0 Å². The smallest absolute Gasteiger partial charge is 0.227 e. The highest BCUT2D eigenvalue weighted by Crippen LogP contribution is 2.43. The van der Waals surface area contributed by atoms with Crippen molar-refractivity contribution >= 4 is 39.3 Å². The van der Waals surface area contributed by atoms with Crippen LogP contribution in [0.3, 0.4) is 0 Å². The summed E-state index contributed by atoms with van der Waals surface area (Å²) in [6, 6.07) is 11.4. The second-order valence-corrected chi connectivity index (χ2v) is 9.76. The molecule has 0 atom stereocenters. The van der Waals surface area contributed by atoms with Crippen molar-refractivity contribution in [2.24, 2.45) is 0 Å². The van der Waals surface area contributed by atoms with E-state index in [0.717, 1.165) is 40.3 Å². The summed E-state index contributed by atoms with van der Waals surface area (Å²) < 4.78 is 19.5. The van der Waals surface area contributed by atoms with Crippen molar-refractivity contribution in [2.45, 2.75) is 39.8 Å². The van der Waals surface area contributed by atoms with Gasteiger partial charge < -0.3 is 9.64 Å². The standard InChI is InChI=1S/C21H21BrFNO2S/c1-24-19-4-3-17(10-14(19)2-5-20(24)25)27-18-12-15(11-16(23)13-18)21(22)6-8-26-9-7-21/h3-4,10-13H,2,5-9H2,1H3. The highest BCUT2D eigenvalue weighted by Gasteiger charge is 2.32. The molecule has 142 valence electrons. The minimum absolute atomic E-state index is 0.150. The largest absolute Gasteiger partial charge is 0.381 e. The first-order chi connectivity index (χ1) is 12.9. The fourth-order valence-electron chi connectivity index (χ4n) is 3.70. The number of alkyl halides is 1. The van der Waals surface area contributed by atoms with Crippen LogP contribution < -0.4 is 4.90 Å². The number of anilines is 1. The van der Waals surface area contributed by atoms with Gasteiger partial charge in [0.2, 0.25) is 5.91 Å². The van der Waals surface area contributed by atoms with E-state index in [1.165, 1.54) is 5.56 Å². The molecule has 0 radical (unpaired) electrons. The lowest BCUT2D eigenvalue weighted by molar-refractivity contribution is -0.118. The molecule has 2 aromatic rings. The van der Waals surface area contributed by atoms with Gasteiger partial charge in [0.15, 0.2) is 0 Å². The van der Waals surface area contributed by atoms with Gasteiger partial charge in [-0.2, -0.15) is 0 Å². The lowest BCUT2D eigenvalue weighted by Gasteiger charge is -2.32. The molecule has 6 heteroatoms. The Morgan fingerprint density at radius 1 is 1.11 bits per heavy atom. The SMILES string of the molecule is CN1C(=O)CCc2cc(Sc3cc(F)cc(C4(Br)CCOCC4)c3)ccc21. The van der Waals surface area contributed by atoms with E-state index in [0.29, 0.717) is 19.6 Å². The molecule has 1 saturated heterocycles. The Balaban J connectivity index is 1.61. The van der Waals surface area contributed by atoms with E-state index < -0.39 is 0 Å². The molecule has 0 spiro atoms. The Kier molecular flexibility index (Phi) is 5.32. The van der Waals surface area contributed by atoms with Gasteiger partial charge in [0.1, 0.15) is 5.82 Å². The maximum absolute atomic E-state index is 14.3. The van der Waals surface area contributed by atoms with Gasteiger partial charge >= 0.3 is 0 Å². The molecule has 27 heavy (non-hydrogen) atoms. The molecule has 3 nitrogen and oxygen atoms in total. The maximum Gasteiger partial charge on any atom is 0.227 e. The average molecular weight is 450 g/mol. The summed E-state index contributed by atoms with van der Waals surface area (Å²) in [7, 11) is 1.81. The van der Waals surface area contributed by atoms with Gasteiger partial charge in [0.25, 0.3) is 0 Å². The number of benzene rings is 2. The van der Waals surface area contributed by atoms with E-state index in [2.05, 4.69) is 28.1 Å². The normalized spacial score (nSPS) is 19.1. The van der Waals surface area contributed by atoms with Crippen molar-refractivity contribution in [3.05, 3.63) is 53.3 Å². The van der Waals surface area contributed by atoms with Gasteiger partial charge in [-0.15, -0.1) is 0 Å². The molecule has 2 heterocycles. The molecule has 1 fully saturated rings. The van der Waals surface area contributed by atoms with Crippen LogP contribution in [0.5, 0.6) is 0 Å². The summed E-state index contributed by atoms with van der Waals surface area (Å²) in [5, 5.41) is 0. The second kappa shape index (κ2) is 7.57. The van der Waals surface area contributed by atoms with Crippen LogP contribution in [-0.4, -0.2) is 26.2 Å². The Morgan fingerprint density at radius 3 is 2.67 bits per heavy atom. The molecule has 0 saturated carbocycles. The monoisotopic (exact) mass is 449 g/mol. The predicted molar refractivity (Wildman–Crippen MR) is 109 cm³/mol. The number of rotatable bonds is 3. The number of fused-ring (bicyclic) bond motifs is 1. The fourth-order valence-corrected chi connectivity index (χ4v) is 5.22. The molecule has 2 aliphatic rings. The molecule has 0 bridgehead atoms. The van der Waals surface area contributed by atoms with Crippen LogP contribution in [0.15, 0.2) is 46.2 Å². The molecule has 0 aromatic heterocycles. The predicted octanol–water partition coefficient (Wildman–Crippen LogP) is 5.29. The van der Waals surface area contributed by atoms with Crippen LogP contribution in [0.4, 0.5) is 10.1 Å². The van der Waals surface area contributed by atoms with E-state index in [-0.39, 0.29) is 16.0 Å². The molecule has 4 rings (SSSR count). The zero-order chi connectivity index (χ0) is 19.0. The first-order valence-corrected chi connectivity index (χ1v) is 10.7.